The van der Waals surface area contributed by atoms with Crippen molar-refractivity contribution >= 4 is 5.91 Å². The molecule has 19 heavy (non-hydrogen) atoms. The Morgan fingerprint density at radius 3 is 3.05 bits per heavy atom. The van der Waals surface area contributed by atoms with Gasteiger partial charge in [-0.3, -0.25) is 10.1 Å². The number of aromatic hydroxyl groups is 1. The predicted octanol–water partition coefficient (Wildman–Crippen LogP) is 1.88. The number of rotatable bonds is 4. The van der Waals surface area contributed by atoms with E-state index in [0.717, 1.165) is 19.3 Å². The van der Waals surface area contributed by atoms with Crippen molar-refractivity contribution in [2.24, 2.45) is 0 Å². The zero-order chi connectivity index (χ0) is 13.8. The molecule has 2 unspecified atom stereocenters. The van der Waals surface area contributed by atoms with Crippen molar-refractivity contribution < 1.29 is 9.90 Å². The molecular formula is C15H22N2O2. The Balaban J connectivity index is 2.09. The first-order chi connectivity index (χ1) is 9.11. The summed E-state index contributed by atoms with van der Waals surface area (Å²) in [6.07, 6.45) is 3.11. The summed E-state index contributed by atoms with van der Waals surface area (Å²) >= 11 is 0. The van der Waals surface area contributed by atoms with E-state index in [-0.39, 0.29) is 18.0 Å². The highest BCUT2D eigenvalue weighted by Gasteiger charge is 2.23. The summed E-state index contributed by atoms with van der Waals surface area (Å²) in [7, 11) is 0. The first-order valence-electron chi connectivity index (χ1n) is 6.97. The number of phenols is 1. The molecule has 0 saturated carbocycles. The highest BCUT2D eigenvalue weighted by Crippen LogP contribution is 2.32. The number of phenolic OH excluding ortho intramolecular Hbond substituents is 1. The van der Waals surface area contributed by atoms with E-state index in [1.807, 2.05) is 26.0 Å². The molecule has 3 N–H and O–H groups in total. The molecule has 1 aliphatic rings. The fourth-order valence-electron chi connectivity index (χ4n) is 2.68. The first-order valence-corrected chi connectivity index (χ1v) is 6.97. The van der Waals surface area contributed by atoms with Gasteiger partial charge in [-0.15, -0.1) is 0 Å². The third-order valence-electron chi connectivity index (χ3n) is 3.64. The molecule has 0 aromatic heterocycles. The van der Waals surface area contributed by atoms with Crippen LogP contribution in [0.5, 0.6) is 5.75 Å². The molecule has 2 rings (SSSR count). The van der Waals surface area contributed by atoms with E-state index < -0.39 is 0 Å². The average Bonchev–Trinajstić information content (AvgIpc) is 2.38. The maximum atomic E-state index is 11.8. The molecule has 4 nitrogen and oxygen atoms in total. The van der Waals surface area contributed by atoms with Gasteiger partial charge in [-0.05, 0) is 56.4 Å². The second-order valence-corrected chi connectivity index (χ2v) is 5.11. The van der Waals surface area contributed by atoms with E-state index in [4.69, 9.17) is 0 Å². The van der Waals surface area contributed by atoms with Gasteiger partial charge in [0.1, 0.15) is 5.75 Å². The van der Waals surface area contributed by atoms with Crippen LogP contribution in [-0.2, 0) is 11.2 Å². The van der Waals surface area contributed by atoms with Crippen molar-refractivity contribution in [1.82, 2.24) is 10.6 Å². The number of benzene rings is 1. The molecule has 2 atom stereocenters. The maximum Gasteiger partial charge on any atom is 0.236 e. The van der Waals surface area contributed by atoms with Gasteiger partial charge >= 0.3 is 0 Å². The quantitative estimate of drug-likeness (QED) is 0.776. The highest BCUT2D eigenvalue weighted by molar-refractivity contribution is 5.81. The van der Waals surface area contributed by atoms with Crippen LogP contribution in [0.4, 0.5) is 0 Å². The van der Waals surface area contributed by atoms with Crippen LogP contribution in [0.25, 0.3) is 0 Å². The van der Waals surface area contributed by atoms with Crippen LogP contribution in [-0.4, -0.2) is 23.6 Å². The minimum atomic E-state index is -0.204. The second kappa shape index (κ2) is 6.06. The minimum Gasteiger partial charge on any atom is -0.508 e. The summed E-state index contributed by atoms with van der Waals surface area (Å²) in [5, 5.41) is 15.7. The summed E-state index contributed by atoms with van der Waals surface area (Å²) in [4.78, 5) is 11.8. The lowest BCUT2D eigenvalue weighted by molar-refractivity contribution is -0.122. The molecule has 1 aromatic carbocycles. The Bertz CT molecular complexity index is 459. The van der Waals surface area contributed by atoms with Crippen molar-refractivity contribution in [3.05, 3.63) is 29.3 Å². The monoisotopic (exact) mass is 262 g/mol. The van der Waals surface area contributed by atoms with Crippen LogP contribution < -0.4 is 10.6 Å². The van der Waals surface area contributed by atoms with Crippen molar-refractivity contribution in [3.63, 3.8) is 0 Å². The van der Waals surface area contributed by atoms with Crippen LogP contribution in [0, 0.1) is 0 Å². The van der Waals surface area contributed by atoms with Crippen LogP contribution >= 0.6 is 0 Å². The lowest BCUT2D eigenvalue weighted by atomic mass is 9.87. The van der Waals surface area contributed by atoms with Crippen molar-refractivity contribution in [1.29, 1.82) is 0 Å². The molecule has 0 fully saturated rings. The van der Waals surface area contributed by atoms with E-state index in [0.29, 0.717) is 12.3 Å². The summed E-state index contributed by atoms with van der Waals surface area (Å²) in [5.41, 5.74) is 2.40. The molecule has 104 valence electrons. The number of carbonyl (C=O) groups is 1. The second-order valence-electron chi connectivity index (χ2n) is 5.11. The van der Waals surface area contributed by atoms with Crippen LogP contribution in [0.2, 0.25) is 0 Å². The fraction of sp³-hybridized carbons (Fsp3) is 0.533. The van der Waals surface area contributed by atoms with Gasteiger partial charge in [-0.1, -0.05) is 6.07 Å². The van der Waals surface area contributed by atoms with E-state index >= 15 is 0 Å². The minimum absolute atomic E-state index is 0.0356. The number of fused-ring (bicyclic) bond motifs is 1. The molecule has 0 radical (unpaired) electrons. The Morgan fingerprint density at radius 1 is 1.53 bits per heavy atom. The molecule has 0 heterocycles. The average molecular weight is 262 g/mol. The molecule has 0 saturated heterocycles. The molecule has 4 heteroatoms. The van der Waals surface area contributed by atoms with Gasteiger partial charge in [-0.25, -0.2) is 0 Å². The summed E-state index contributed by atoms with van der Waals surface area (Å²) in [5.74, 6) is 0.351. The lowest BCUT2D eigenvalue weighted by Crippen LogP contribution is -2.44. The van der Waals surface area contributed by atoms with Crippen molar-refractivity contribution in [2.45, 2.75) is 45.2 Å². The van der Waals surface area contributed by atoms with Crippen LogP contribution in [0.1, 0.15) is 43.9 Å². The topological polar surface area (TPSA) is 61.4 Å². The van der Waals surface area contributed by atoms with E-state index in [1.54, 1.807) is 6.07 Å². The van der Waals surface area contributed by atoms with Gasteiger partial charge in [0, 0.05) is 12.6 Å². The van der Waals surface area contributed by atoms with Gasteiger partial charge in [0.05, 0.1) is 6.04 Å². The molecule has 0 aliphatic heterocycles. The van der Waals surface area contributed by atoms with Gasteiger partial charge in [-0.2, -0.15) is 0 Å². The van der Waals surface area contributed by atoms with Crippen LogP contribution in [0.3, 0.4) is 0 Å². The number of hydrogen-bond acceptors (Lipinski definition) is 3. The Labute approximate surface area is 114 Å². The molecule has 0 spiro atoms. The standard InChI is InChI=1S/C15H22N2O2/c1-3-16-15(19)10(2)17-14-6-4-5-11-9-12(18)7-8-13(11)14/h7-10,14,17-18H,3-6H2,1-2H3,(H,16,19). The van der Waals surface area contributed by atoms with E-state index in [1.165, 1.54) is 11.1 Å². The Morgan fingerprint density at radius 2 is 2.32 bits per heavy atom. The van der Waals surface area contributed by atoms with Gasteiger partial charge in [0.25, 0.3) is 0 Å². The molecule has 0 bridgehead atoms. The smallest absolute Gasteiger partial charge is 0.236 e. The molecule has 1 amide bonds. The Kier molecular flexibility index (Phi) is 4.43. The summed E-state index contributed by atoms with van der Waals surface area (Å²) < 4.78 is 0. The molecule has 1 aliphatic carbocycles. The maximum absolute atomic E-state index is 11.8. The number of amides is 1. The van der Waals surface area contributed by atoms with Gasteiger partial charge in [0.15, 0.2) is 0 Å². The lowest BCUT2D eigenvalue weighted by Gasteiger charge is -2.29. The summed E-state index contributed by atoms with van der Waals surface area (Å²) in [6.45, 7) is 4.46. The van der Waals surface area contributed by atoms with Gasteiger partial charge < -0.3 is 10.4 Å². The zero-order valence-electron chi connectivity index (χ0n) is 11.6. The number of likely N-dealkylation sites (N-methyl/N-ethyl adjacent to an activating group) is 1. The van der Waals surface area contributed by atoms with E-state index in [2.05, 4.69) is 10.6 Å². The molecule has 1 aromatic rings. The van der Waals surface area contributed by atoms with Crippen molar-refractivity contribution in [3.8, 4) is 5.75 Å². The SMILES string of the molecule is CCNC(=O)C(C)NC1CCCc2cc(O)ccc21. The number of hydrogen-bond donors (Lipinski definition) is 3. The number of aryl methyl sites for hydroxylation is 1. The zero-order valence-corrected chi connectivity index (χ0v) is 11.6. The van der Waals surface area contributed by atoms with E-state index in [9.17, 15) is 9.90 Å². The third kappa shape index (κ3) is 3.26. The normalized spacial score (nSPS) is 19.6. The highest BCUT2D eigenvalue weighted by atomic mass is 16.3. The Hall–Kier alpha value is -1.55. The summed E-state index contributed by atoms with van der Waals surface area (Å²) in [6, 6.07) is 5.51. The van der Waals surface area contributed by atoms with Crippen molar-refractivity contribution in [2.75, 3.05) is 6.54 Å². The van der Waals surface area contributed by atoms with Gasteiger partial charge in [0.2, 0.25) is 5.91 Å². The fourth-order valence-corrected chi connectivity index (χ4v) is 2.68. The molecular weight excluding hydrogens is 240 g/mol. The number of nitrogens with one attached hydrogen (secondary N) is 2. The predicted molar refractivity (Wildman–Crippen MR) is 75.1 cm³/mol. The third-order valence-corrected chi connectivity index (χ3v) is 3.64. The number of carbonyl (C=O) groups excluding carboxylic acids is 1. The first kappa shape index (κ1) is 13.9. The van der Waals surface area contributed by atoms with Crippen LogP contribution in [0.15, 0.2) is 18.2 Å². The largest absolute Gasteiger partial charge is 0.508 e.